The number of amides is 1. The minimum atomic E-state index is -0.164. The number of nitrogens with one attached hydrogen (secondary N) is 1. The molecule has 1 atom stereocenters. The van der Waals surface area contributed by atoms with Crippen LogP contribution in [0.1, 0.15) is 27.0 Å². The van der Waals surface area contributed by atoms with Crippen molar-refractivity contribution in [2.45, 2.75) is 26.3 Å². The third-order valence-electron chi connectivity index (χ3n) is 3.00. The molecule has 5 heteroatoms. The summed E-state index contributed by atoms with van der Waals surface area (Å²) in [5.41, 5.74) is 12.9. The third kappa shape index (κ3) is 3.51. The molecule has 20 heavy (non-hydrogen) atoms. The van der Waals surface area contributed by atoms with E-state index in [4.69, 9.17) is 11.5 Å². The average molecular weight is 289 g/mol. The summed E-state index contributed by atoms with van der Waals surface area (Å²) in [5, 5.41) is 2.96. The molecule has 0 aliphatic heterocycles. The van der Waals surface area contributed by atoms with Gasteiger partial charge in [0.05, 0.1) is 5.56 Å². The average Bonchev–Trinajstić information content (AvgIpc) is 2.74. The number of rotatable bonds is 4. The van der Waals surface area contributed by atoms with E-state index in [1.807, 2.05) is 6.92 Å². The number of hydrogen-bond donors (Lipinski definition) is 3. The SMILES string of the molecule is Cc1ccc(CC(C)NC(=O)c2ccc(N)cc2N)s1. The molecule has 2 rings (SSSR count). The van der Waals surface area contributed by atoms with Crippen LogP contribution in [0.3, 0.4) is 0 Å². The van der Waals surface area contributed by atoms with Crippen LogP contribution in [0, 0.1) is 6.92 Å². The minimum absolute atomic E-state index is 0.0532. The van der Waals surface area contributed by atoms with Gasteiger partial charge in [-0.3, -0.25) is 4.79 Å². The zero-order chi connectivity index (χ0) is 14.7. The van der Waals surface area contributed by atoms with Gasteiger partial charge in [0.15, 0.2) is 0 Å². The lowest BCUT2D eigenvalue weighted by molar-refractivity contribution is 0.0941. The molecule has 5 N–H and O–H groups in total. The topological polar surface area (TPSA) is 81.1 Å². The number of carbonyl (C=O) groups is 1. The van der Waals surface area contributed by atoms with Gasteiger partial charge < -0.3 is 16.8 Å². The Labute approximate surface area is 122 Å². The Morgan fingerprint density at radius 2 is 2.05 bits per heavy atom. The number of thiophene rings is 1. The molecule has 1 heterocycles. The number of benzene rings is 1. The maximum Gasteiger partial charge on any atom is 0.253 e. The molecule has 4 nitrogen and oxygen atoms in total. The lowest BCUT2D eigenvalue weighted by Crippen LogP contribution is -2.34. The lowest BCUT2D eigenvalue weighted by atomic mass is 10.1. The number of aryl methyl sites for hydroxylation is 1. The van der Waals surface area contributed by atoms with E-state index in [0.29, 0.717) is 16.9 Å². The van der Waals surface area contributed by atoms with E-state index in [1.165, 1.54) is 9.75 Å². The van der Waals surface area contributed by atoms with Crippen molar-refractivity contribution in [3.05, 3.63) is 45.6 Å². The molecule has 0 saturated carbocycles. The van der Waals surface area contributed by atoms with Crippen LogP contribution in [-0.4, -0.2) is 11.9 Å². The number of carbonyl (C=O) groups excluding carboxylic acids is 1. The van der Waals surface area contributed by atoms with Gasteiger partial charge in [0.1, 0.15) is 0 Å². The van der Waals surface area contributed by atoms with Crippen LogP contribution in [0.2, 0.25) is 0 Å². The molecular formula is C15H19N3OS. The van der Waals surface area contributed by atoms with Crippen LogP contribution >= 0.6 is 11.3 Å². The van der Waals surface area contributed by atoms with Crippen LogP contribution in [-0.2, 0) is 6.42 Å². The van der Waals surface area contributed by atoms with Crippen molar-refractivity contribution in [1.29, 1.82) is 0 Å². The van der Waals surface area contributed by atoms with Crippen LogP contribution < -0.4 is 16.8 Å². The van der Waals surface area contributed by atoms with Gasteiger partial charge >= 0.3 is 0 Å². The van der Waals surface area contributed by atoms with Crippen molar-refractivity contribution in [3.63, 3.8) is 0 Å². The quantitative estimate of drug-likeness (QED) is 0.757. The molecule has 0 radical (unpaired) electrons. The van der Waals surface area contributed by atoms with E-state index in [1.54, 1.807) is 29.5 Å². The molecule has 0 bridgehead atoms. The third-order valence-corrected chi connectivity index (χ3v) is 4.02. The van der Waals surface area contributed by atoms with Crippen LogP contribution in [0.4, 0.5) is 11.4 Å². The van der Waals surface area contributed by atoms with Gasteiger partial charge in [-0.05, 0) is 44.2 Å². The fourth-order valence-corrected chi connectivity index (χ4v) is 3.06. The maximum atomic E-state index is 12.2. The summed E-state index contributed by atoms with van der Waals surface area (Å²) in [7, 11) is 0. The molecule has 0 aliphatic rings. The van der Waals surface area contributed by atoms with Gasteiger partial charge in [0, 0.05) is 33.6 Å². The molecule has 1 amide bonds. The van der Waals surface area contributed by atoms with Crippen molar-refractivity contribution in [3.8, 4) is 0 Å². The van der Waals surface area contributed by atoms with Gasteiger partial charge in [0.2, 0.25) is 0 Å². The van der Waals surface area contributed by atoms with Gasteiger partial charge in [-0.1, -0.05) is 0 Å². The number of anilines is 2. The van der Waals surface area contributed by atoms with Crippen molar-refractivity contribution >= 4 is 28.6 Å². The molecule has 0 fully saturated rings. The van der Waals surface area contributed by atoms with Crippen molar-refractivity contribution in [2.75, 3.05) is 11.5 Å². The Bertz CT molecular complexity index is 621. The van der Waals surface area contributed by atoms with E-state index in [-0.39, 0.29) is 11.9 Å². The Hall–Kier alpha value is -2.01. The summed E-state index contributed by atoms with van der Waals surface area (Å²) in [5.74, 6) is -0.164. The van der Waals surface area contributed by atoms with Crippen molar-refractivity contribution < 1.29 is 4.79 Å². The van der Waals surface area contributed by atoms with Gasteiger partial charge in [-0.15, -0.1) is 11.3 Å². The summed E-state index contributed by atoms with van der Waals surface area (Å²) in [6.07, 6.45) is 0.819. The largest absolute Gasteiger partial charge is 0.399 e. The molecule has 1 aromatic heterocycles. The van der Waals surface area contributed by atoms with Crippen molar-refractivity contribution in [1.82, 2.24) is 5.32 Å². The summed E-state index contributed by atoms with van der Waals surface area (Å²) < 4.78 is 0. The van der Waals surface area contributed by atoms with E-state index >= 15 is 0 Å². The fraction of sp³-hybridized carbons (Fsp3) is 0.267. The Morgan fingerprint density at radius 3 is 2.65 bits per heavy atom. The fourth-order valence-electron chi connectivity index (χ4n) is 2.04. The molecule has 1 unspecified atom stereocenters. The predicted octanol–water partition coefficient (Wildman–Crippen LogP) is 2.58. The zero-order valence-electron chi connectivity index (χ0n) is 11.6. The first-order valence-corrected chi connectivity index (χ1v) is 7.28. The van der Waals surface area contributed by atoms with Crippen LogP contribution in [0.5, 0.6) is 0 Å². The highest BCUT2D eigenvalue weighted by Gasteiger charge is 2.13. The normalized spacial score (nSPS) is 12.1. The van der Waals surface area contributed by atoms with E-state index in [2.05, 4.69) is 24.4 Å². The second-order valence-electron chi connectivity index (χ2n) is 4.94. The predicted molar refractivity (Wildman–Crippen MR) is 85.0 cm³/mol. The first kappa shape index (κ1) is 14.4. The summed E-state index contributed by atoms with van der Waals surface area (Å²) in [6, 6.07) is 9.17. The minimum Gasteiger partial charge on any atom is -0.399 e. The first-order chi connectivity index (χ1) is 9.45. The van der Waals surface area contributed by atoms with Gasteiger partial charge in [-0.25, -0.2) is 0 Å². The molecule has 106 valence electrons. The molecule has 0 aliphatic carbocycles. The number of hydrogen-bond acceptors (Lipinski definition) is 4. The van der Waals surface area contributed by atoms with Gasteiger partial charge in [-0.2, -0.15) is 0 Å². The van der Waals surface area contributed by atoms with E-state index in [9.17, 15) is 4.79 Å². The number of nitrogens with two attached hydrogens (primary N) is 2. The monoisotopic (exact) mass is 289 g/mol. The Kier molecular flexibility index (Phi) is 4.29. The highest BCUT2D eigenvalue weighted by atomic mass is 32.1. The van der Waals surface area contributed by atoms with E-state index in [0.717, 1.165) is 6.42 Å². The maximum absolute atomic E-state index is 12.2. The molecular weight excluding hydrogens is 270 g/mol. The number of nitrogen functional groups attached to an aromatic ring is 2. The highest BCUT2D eigenvalue weighted by Crippen LogP contribution is 2.18. The van der Waals surface area contributed by atoms with Crippen LogP contribution in [0.25, 0.3) is 0 Å². The summed E-state index contributed by atoms with van der Waals surface area (Å²) in [6.45, 7) is 4.06. The molecule has 0 spiro atoms. The molecule has 0 saturated heterocycles. The van der Waals surface area contributed by atoms with Gasteiger partial charge in [0.25, 0.3) is 5.91 Å². The van der Waals surface area contributed by atoms with E-state index < -0.39 is 0 Å². The highest BCUT2D eigenvalue weighted by molar-refractivity contribution is 7.11. The summed E-state index contributed by atoms with van der Waals surface area (Å²) in [4.78, 5) is 14.7. The second kappa shape index (κ2) is 5.96. The van der Waals surface area contributed by atoms with Crippen molar-refractivity contribution in [2.24, 2.45) is 0 Å². The Balaban J connectivity index is 2.00. The second-order valence-corrected chi connectivity index (χ2v) is 6.31. The Morgan fingerprint density at radius 1 is 1.30 bits per heavy atom. The zero-order valence-corrected chi connectivity index (χ0v) is 12.5. The molecule has 2 aromatic rings. The molecule has 1 aromatic carbocycles. The standard InChI is InChI=1S/C15H19N3OS/c1-9(7-12-5-3-10(2)20-12)18-15(19)13-6-4-11(16)8-14(13)17/h3-6,8-9H,7,16-17H2,1-2H3,(H,18,19). The summed E-state index contributed by atoms with van der Waals surface area (Å²) >= 11 is 1.75. The first-order valence-electron chi connectivity index (χ1n) is 6.47. The lowest BCUT2D eigenvalue weighted by Gasteiger charge is -2.14. The van der Waals surface area contributed by atoms with Crippen LogP contribution in [0.15, 0.2) is 30.3 Å². The smallest absolute Gasteiger partial charge is 0.253 e.